The third-order valence-corrected chi connectivity index (χ3v) is 4.50. The predicted molar refractivity (Wildman–Crippen MR) is 77.1 cm³/mol. The fourth-order valence-corrected chi connectivity index (χ4v) is 3.39. The average Bonchev–Trinajstić information content (AvgIpc) is 2.76. The van der Waals surface area contributed by atoms with Gasteiger partial charge in [0.25, 0.3) is 0 Å². The van der Waals surface area contributed by atoms with Crippen molar-refractivity contribution in [2.75, 3.05) is 26.9 Å². The zero-order chi connectivity index (χ0) is 13.9. The Balaban J connectivity index is 2.38. The lowest BCUT2D eigenvalue weighted by Crippen LogP contribution is -2.50. The van der Waals surface area contributed by atoms with E-state index in [9.17, 15) is 0 Å². The standard InChI is InChI=1S/C13H22BrN3O2/c1-4-15-12(11-10(14)9-16-17(11)2)13(18-3)5-7-19-8-6-13/h9,12,15H,4-8H2,1-3H3. The van der Waals surface area contributed by atoms with Gasteiger partial charge in [0.15, 0.2) is 0 Å². The Morgan fingerprint density at radius 2 is 2.26 bits per heavy atom. The van der Waals surface area contributed by atoms with E-state index in [2.05, 4.69) is 33.3 Å². The number of rotatable bonds is 5. The summed E-state index contributed by atoms with van der Waals surface area (Å²) in [5.74, 6) is 0. The molecule has 5 nitrogen and oxygen atoms in total. The van der Waals surface area contributed by atoms with Gasteiger partial charge in [0.05, 0.1) is 28.0 Å². The van der Waals surface area contributed by atoms with Crippen molar-refractivity contribution >= 4 is 15.9 Å². The van der Waals surface area contributed by atoms with Crippen LogP contribution in [0.15, 0.2) is 10.7 Å². The summed E-state index contributed by atoms with van der Waals surface area (Å²) < 4.78 is 14.3. The molecular weight excluding hydrogens is 310 g/mol. The smallest absolute Gasteiger partial charge is 0.0931 e. The molecular formula is C13H22BrN3O2. The average molecular weight is 332 g/mol. The topological polar surface area (TPSA) is 48.3 Å². The Kier molecular flexibility index (Phi) is 5.00. The first-order chi connectivity index (χ1) is 9.14. The third-order valence-electron chi connectivity index (χ3n) is 3.89. The first-order valence-corrected chi connectivity index (χ1v) is 7.47. The molecule has 0 aliphatic carbocycles. The van der Waals surface area contributed by atoms with Gasteiger partial charge in [-0.1, -0.05) is 6.92 Å². The number of nitrogens with zero attached hydrogens (tertiary/aromatic N) is 2. The van der Waals surface area contributed by atoms with E-state index < -0.39 is 0 Å². The van der Waals surface area contributed by atoms with Gasteiger partial charge in [-0.3, -0.25) is 4.68 Å². The Bertz CT molecular complexity index is 397. The minimum absolute atomic E-state index is 0.105. The van der Waals surface area contributed by atoms with Gasteiger partial charge in [0, 0.05) is 40.2 Å². The summed E-state index contributed by atoms with van der Waals surface area (Å²) in [5, 5.41) is 7.88. The molecule has 0 bridgehead atoms. The van der Waals surface area contributed by atoms with Crippen LogP contribution in [-0.2, 0) is 16.5 Å². The SMILES string of the molecule is CCNC(c1c(Br)cnn1C)C1(OC)CCOCC1. The predicted octanol–water partition coefficient (Wildman–Crippen LogP) is 2.03. The summed E-state index contributed by atoms with van der Waals surface area (Å²) >= 11 is 3.60. The highest BCUT2D eigenvalue weighted by atomic mass is 79.9. The highest BCUT2D eigenvalue weighted by Gasteiger charge is 2.43. The molecule has 0 saturated carbocycles. The Labute approximate surface area is 122 Å². The van der Waals surface area contributed by atoms with Crippen LogP contribution in [0.3, 0.4) is 0 Å². The third kappa shape index (κ3) is 2.86. The molecule has 0 spiro atoms. The Hall–Kier alpha value is -0.430. The highest BCUT2D eigenvalue weighted by Crippen LogP contribution is 2.39. The number of nitrogens with one attached hydrogen (secondary N) is 1. The summed E-state index contributed by atoms with van der Waals surface area (Å²) in [6.45, 7) is 4.48. The first kappa shape index (κ1) is 15.0. The van der Waals surface area contributed by atoms with Crippen LogP contribution in [0.1, 0.15) is 31.5 Å². The monoisotopic (exact) mass is 331 g/mol. The fraction of sp³-hybridized carbons (Fsp3) is 0.769. The summed E-state index contributed by atoms with van der Waals surface area (Å²) in [6.07, 6.45) is 3.61. The second-order valence-electron chi connectivity index (χ2n) is 4.87. The number of likely N-dealkylation sites (N-methyl/N-ethyl adjacent to an activating group) is 1. The largest absolute Gasteiger partial charge is 0.381 e. The molecule has 0 aromatic carbocycles. The highest BCUT2D eigenvalue weighted by molar-refractivity contribution is 9.10. The van der Waals surface area contributed by atoms with E-state index in [1.807, 2.05) is 17.9 Å². The second kappa shape index (κ2) is 6.35. The molecule has 1 atom stereocenters. The van der Waals surface area contributed by atoms with E-state index in [-0.39, 0.29) is 11.6 Å². The minimum atomic E-state index is -0.232. The van der Waals surface area contributed by atoms with Crippen LogP contribution in [0.2, 0.25) is 0 Å². The van der Waals surface area contributed by atoms with Crippen LogP contribution in [0.4, 0.5) is 0 Å². The van der Waals surface area contributed by atoms with E-state index in [0.717, 1.165) is 42.8 Å². The van der Waals surface area contributed by atoms with Crippen molar-refractivity contribution in [2.45, 2.75) is 31.4 Å². The maximum absolute atomic E-state index is 5.92. The van der Waals surface area contributed by atoms with Crippen molar-refractivity contribution < 1.29 is 9.47 Å². The lowest BCUT2D eigenvalue weighted by Gasteiger charge is -2.42. The van der Waals surface area contributed by atoms with Crippen molar-refractivity contribution in [3.05, 3.63) is 16.4 Å². The van der Waals surface area contributed by atoms with Crippen LogP contribution in [-0.4, -0.2) is 42.2 Å². The van der Waals surface area contributed by atoms with Crippen LogP contribution in [0.25, 0.3) is 0 Å². The maximum Gasteiger partial charge on any atom is 0.0931 e. The molecule has 6 heteroatoms. The number of aromatic nitrogens is 2. The molecule has 1 fully saturated rings. The molecule has 2 heterocycles. The molecule has 1 saturated heterocycles. The van der Waals surface area contributed by atoms with Crippen LogP contribution in [0.5, 0.6) is 0 Å². The first-order valence-electron chi connectivity index (χ1n) is 6.68. The van der Waals surface area contributed by atoms with E-state index >= 15 is 0 Å². The number of aryl methyl sites for hydroxylation is 1. The molecule has 1 N–H and O–H groups in total. The number of hydrogen-bond donors (Lipinski definition) is 1. The number of methoxy groups -OCH3 is 1. The molecule has 1 unspecified atom stereocenters. The zero-order valence-electron chi connectivity index (χ0n) is 11.8. The molecule has 0 radical (unpaired) electrons. The van der Waals surface area contributed by atoms with Crippen molar-refractivity contribution in [2.24, 2.45) is 7.05 Å². The van der Waals surface area contributed by atoms with Crippen molar-refractivity contribution in [1.29, 1.82) is 0 Å². The summed E-state index contributed by atoms with van der Waals surface area (Å²) in [5.41, 5.74) is 0.899. The molecule has 1 aliphatic heterocycles. The van der Waals surface area contributed by atoms with Gasteiger partial charge in [-0.2, -0.15) is 5.10 Å². The number of hydrogen-bond acceptors (Lipinski definition) is 4. The van der Waals surface area contributed by atoms with Gasteiger partial charge in [-0.25, -0.2) is 0 Å². The van der Waals surface area contributed by atoms with Crippen molar-refractivity contribution in [3.8, 4) is 0 Å². The lowest BCUT2D eigenvalue weighted by atomic mass is 9.84. The zero-order valence-corrected chi connectivity index (χ0v) is 13.4. The van der Waals surface area contributed by atoms with Crippen molar-refractivity contribution in [3.63, 3.8) is 0 Å². The summed E-state index contributed by atoms with van der Waals surface area (Å²) in [6, 6.07) is 0.105. The molecule has 0 amide bonds. The van der Waals surface area contributed by atoms with E-state index in [1.165, 1.54) is 0 Å². The van der Waals surface area contributed by atoms with E-state index in [1.54, 1.807) is 7.11 Å². The van der Waals surface area contributed by atoms with E-state index in [0.29, 0.717) is 0 Å². The molecule has 108 valence electrons. The molecule has 1 aromatic heterocycles. The molecule has 2 rings (SSSR count). The van der Waals surface area contributed by atoms with Crippen LogP contribution >= 0.6 is 15.9 Å². The molecule has 19 heavy (non-hydrogen) atoms. The van der Waals surface area contributed by atoms with E-state index in [4.69, 9.17) is 9.47 Å². The fourth-order valence-electron chi connectivity index (χ4n) is 2.81. The van der Waals surface area contributed by atoms with Crippen molar-refractivity contribution in [1.82, 2.24) is 15.1 Å². The normalized spacial score (nSPS) is 20.4. The number of halogens is 1. The van der Waals surface area contributed by atoms with Gasteiger partial charge in [0.2, 0.25) is 0 Å². The van der Waals surface area contributed by atoms with Crippen LogP contribution < -0.4 is 5.32 Å². The lowest BCUT2D eigenvalue weighted by molar-refractivity contribution is -0.112. The summed E-state index contributed by atoms with van der Waals surface area (Å²) in [7, 11) is 3.76. The Morgan fingerprint density at radius 3 is 2.74 bits per heavy atom. The molecule has 1 aromatic rings. The van der Waals surface area contributed by atoms with Gasteiger partial charge in [-0.15, -0.1) is 0 Å². The quantitative estimate of drug-likeness (QED) is 0.896. The van der Waals surface area contributed by atoms with Crippen LogP contribution in [0, 0.1) is 0 Å². The number of ether oxygens (including phenoxy) is 2. The van der Waals surface area contributed by atoms with Gasteiger partial charge in [0.1, 0.15) is 0 Å². The van der Waals surface area contributed by atoms with Gasteiger partial charge < -0.3 is 14.8 Å². The molecule has 1 aliphatic rings. The second-order valence-corrected chi connectivity index (χ2v) is 5.73. The summed E-state index contributed by atoms with van der Waals surface area (Å²) in [4.78, 5) is 0. The minimum Gasteiger partial charge on any atom is -0.381 e. The Morgan fingerprint density at radius 1 is 1.58 bits per heavy atom. The van der Waals surface area contributed by atoms with Gasteiger partial charge in [-0.05, 0) is 22.5 Å². The maximum atomic E-state index is 5.92. The van der Waals surface area contributed by atoms with Gasteiger partial charge >= 0.3 is 0 Å².